The molecule has 0 bridgehead atoms. The maximum absolute atomic E-state index is 11.5. The van der Waals surface area contributed by atoms with Crippen LogP contribution in [-0.4, -0.2) is 11.6 Å². The van der Waals surface area contributed by atoms with Crippen molar-refractivity contribution in [3.05, 3.63) is 76.9 Å². The Morgan fingerprint density at radius 2 is 1.89 bits per heavy atom. The van der Waals surface area contributed by atoms with Crippen molar-refractivity contribution in [2.75, 3.05) is 0 Å². The fraction of sp³-hybridized carbons (Fsp3) is 0.182. The van der Waals surface area contributed by atoms with Crippen LogP contribution in [0.15, 0.2) is 65.2 Å². The smallest absolute Gasteiger partial charge is 0.248 e. The molecule has 0 fully saturated rings. The topological polar surface area (TPSA) is 103 Å². The van der Waals surface area contributed by atoms with Crippen molar-refractivity contribution >= 4 is 17.3 Å². The van der Waals surface area contributed by atoms with E-state index in [0.29, 0.717) is 29.0 Å². The van der Waals surface area contributed by atoms with Crippen LogP contribution in [0.3, 0.4) is 0 Å². The number of nitrogens with two attached hydrogens (primary N) is 1. The first-order chi connectivity index (χ1) is 13.0. The molecule has 1 amide bonds. The Kier molecular flexibility index (Phi) is 5.15. The standard InChI is InChI=1S/C22H18N4O/c1-14-19(12-23)18(11-15-6-5-9-17(10-15)22(25)27)20(13-24)21(26-14)16-7-3-2-4-8-16/h2-10,18-19H,11H2,1H3,(H2,25,27). The molecule has 1 aliphatic heterocycles. The predicted molar refractivity (Wildman–Crippen MR) is 103 cm³/mol. The second-order valence-electron chi connectivity index (χ2n) is 6.48. The van der Waals surface area contributed by atoms with Crippen molar-refractivity contribution in [2.24, 2.45) is 22.6 Å². The molecule has 0 spiro atoms. The first-order valence-electron chi connectivity index (χ1n) is 8.58. The number of carbonyl (C=O) groups is 1. The van der Waals surface area contributed by atoms with Crippen molar-refractivity contribution in [3.63, 3.8) is 0 Å². The van der Waals surface area contributed by atoms with E-state index in [1.807, 2.05) is 43.3 Å². The van der Waals surface area contributed by atoms with Gasteiger partial charge in [0.05, 0.1) is 29.3 Å². The Labute approximate surface area is 158 Å². The summed E-state index contributed by atoms with van der Waals surface area (Å²) in [5.41, 5.74) is 9.27. The van der Waals surface area contributed by atoms with Crippen LogP contribution < -0.4 is 5.73 Å². The summed E-state index contributed by atoms with van der Waals surface area (Å²) in [5.74, 6) is -1.34. The van der Waals surface area contributed by atoms with Crippen LogP contribution in [0, 0.1) is 34.5 Å². The number of hydrogen-bond acceptors (Lipinski definition) is 4. The highest BCUT2D eigenvalue weighted by Crippen LogP contribution is 2.37. The minimum absolute atomic E-state index is 0.337. The summed E-state index contributed by atoms with van der Waals surface area (Å²) in [6, 6.07) is 21.1. The quantitative estimate of drug-likeness (QED) is 0.908. The first kappa shape index (κ1) is 18.1. The summed E-state index contributed by atoms with van der Waals surface area (Å²) >= 11 is 0. The van der Waals surface area contributed by atoms with Crippen LogP contribution >= 0.6 is 0 Å². The monoisotopic (exact) mass is 354 g/mol. The molecule has 132 valence electrons. The van der Waals surface area contributed by atoms with E-state index < -0.39 is 11.8 Å². The predicted octanol–water partition coefficient (Wildman–Crippen LogP) is 3.49. The highest BCUT2D eigenvalue weighted by Gasteiger charge is 2.34. The van der Waals surface area contributed by atoms with E-state index >= 15 is 0 Å². The molecular formula is C22H18N4O. The summed E-state index contributed by atoms with van der Waals surface area (Å²) in [5, 5.41) is 19.5. The maximum atomic E-state index is 11.5. The molecule has 0 aliphatic carbocycles. The lowest BCUT2D eigenvalue weighted by Gasteiger charge is -2.27. The molecule has 5 heteroatoms. The van der Waals surface area contributed by atoms with Gasteiger partial charge in [-0.2, -0.15) is 10.5 Å². The largest absolute Gasteiger partial charge is 0.366 e. The van der Waals surface area contributed by atoms with E-state index in [9.17, 15) is 15.3 Å². The van der Waals surface area contributed by atoms with Crippen molar-refractivity contribution in [1.82, 2.24) is 0 Å². The van der Waals surface area contributed by atoms with Gasteiger partial charge in [-0.3, -0.25) is 9.79 Å². The summed E-state index contributed by atoms with van der Waals surface area (Å²) in [7, 11) is 0. The highest BCUT2D eigenvalue weighted by molar-refractivity contribution is 5.96. The average Bonchev–Trinajstić information content (AvgIpc) is 2.68. The fourth-order valence-corrected chi connectivity index (χ4v) is 3.40. The molecule has 2 aromatic rings. The summed E-state index contributed by atoms with van der Waals surface area (Å²) in [6.07, 6.45) is 0.450. The Balaban J connectivity index is 2.08. The van der Waals surface area contributed by atoms with Gasteiger partial charge in [-0.1, -0.05) is 42.5 Å². The Bertz CT molecular complexity index is 1020. The third-order valence-corrected chi connectivity index (χ3v) is 4.74. The molecule has 2 aromatic carbocycles. The number of primary amides is 1. The molecule has 2 unspecified atom stereocenters. The number of carbonyl (C=O) groups excluding carboxylic acids is 1. The molecule has 5 nitrogen and oxygen atoms in total. The van der Waals surface area contributed by atoms with Gasteiger partial charge in [-0.25, -0.2) is 0 Å². The van der Waals surface area contributed by atoms with Gasteiger partial charge in [-0.15, -0.1) is 0 Å². The van der Waals surface area contributed by atoms with Crippen LogP contribution in [0.1, 0.15) is 28.4 Å². The zero-order valence-corrected chi connectivity index (χ0v) is 14.9. The van der Waals surface area contributed by atoms with Crippen molar-refractivity contribution in [3.8, 4) is 12.1 Å². The molecule has 27 heavy (non-hydrogen) atoms. The summed E-state index contributed by atoms with van der Waals surface area (Å²) < 4.78 is 0. The molecule has 0 radical (unpaired) electrons. The van der Waals surface area contributed by atoms with Crippen LogP contribution in [0.5, 0.6) is 0 Å². The van der Waals surface area contributed by atoms with Crippen LogP contribution in [-0.2, 0) is 6.42 Å². The SMILES string of the molecule is CC1=NC(c2ccccc2)=C(C#N)C(Cc2cccc(C(N)=O)c2)C1C#N. The lowest BCUT2D eigenvalue weighted by molar-refractivity contribution is 0.1000. The minimum Gasteiger partial charge on any atom is -0.366 e. The molecule has 1 aliphatic rings. The third-order valence-electron chi connectivity index (χ3n) is 4.74. The molecule has 0 saturated carbocycles. The number of aliphatic imine (C=N–C) groups is 1. The first-order valence-corrected chi connectivity index (χ1v) is 8.58. The molecule has 1 heterocycles. The number of rotatable bonds is 4. The van der Waals surface area contributed by atoms with Gasteiger partial charge in [0.15, 0.2) is 0 Å². The van der Waals surface area contributed by atoms with Crippen LogP contribution in [0.25, 0.3) is 5.70 Å². The highest BCUT2D eigenvalue weighted by atomic mass is 16.1. The van der Waals surface area contributed by atoms with Gasteiger partial charge in [0, 0.05) is 22.8 Å². The molecule has 2 N–H and O–H groups in total. The second kappa shape index (κ2) is 7.68. The number of nitriles is 2. The fourth-order valence-electron chi connectivity index (χ4n) is 3.40. The molecule has 2 atom stereocenters. The van der Waals surface area contributed by atoms with Gasteiger partial charge in [0.25, 0.3) is 0 Å². The minimum atomic E-state index is -0.504. The Morgan fingerprint density at radius 3 is 2.52 bits per heavy atom. The van der Waals surface area contributed by atoms with Gasteiger partial charge >= 0.3 is 0 Å². The van der Waals surface area contributed by atoms with Gasteiger partial charge < -0.3 is 5.73 Å². The van der Waals surface area contributed by atoms with E-state index in [0.717, 1.165) is 11.1 Å². The van der Waals surface area contributed by atoms with E-state index in [-0.39, 0.29) is 5.92 Å². The van der Waals surface area contributed by atoms with Gasteiger partial charge in [0.2, 0.25) is 5.91 Å². The number of allylic oxidation sites excluding steroid dienone is 1. The average molecular weight is 354 g/mol. The number of nitrogens with zero attached hydrogens (tertiary/aromatic N) is 3. The van der Waals surface area contributed by atoms with Crippen molar-refractivity contribution in [2.45, 2.75) is 13.3 Å². The second-order valence-corrected chi connectivity index (χ2v) is 6.48. The van der Waals surface area contributed by atoms with Gasteiger partial charge in [0.1, 0.15) is 0 Å². The summed E-state index contributed by atoms with van der Waals surface area (Å²) in [6.45, 7) is 1.82. The van der Waals surface area contributed by atoms with Crippen LogP contribution in [0.4, 0.5) is 0 Å². The number of amides is 1. The Morgan fingerprint density at radius 1 is 1.15 bits per heavy atom. The molecule has 0 aromatic heterocycles. The van der Waals surface area contributed by atoms with E-state index in [1.54, 1.807) is 18.2 Å². The zero-order valence-electron chi connectivity index (χ0n) is 14.9. The lowest BCUT2D eigenvalue weighted by Crippen LogP contribution is -2.28. The third kappa shape index (κ3) is 3.63. The van der Waals surface area contributed by atoms with Crippen molar-refractivity contribution in [1.29, 1.82) is 10.5 Å². The van der Waals surface area contributed by atoms with Gasteiger partial charge in [-0.05, 0) is 31.0 Å². The molecular weight excluding hydrogens is 336 g/mol. The van der Waals surface area contributed by atoms with E-state index in [2.05, 4.69) is 17.1 Å². The number of benzene rings is 2. The molecule has 3 rings (SSSR count). The molecule has 0 saturated heterocycles. The van der Waals surface area contributed by atoms with Crippen molar-refractivity contribution < 1.29 is 4.79 Å². The maximum Gasteiger partial charge on any atom is 0.248 e. The normalized spacial score (nSPS) is 19.0. The van der Waals surface area contributed by atoms with Crippen LogP contribution in [0.2, 0.25) is 0 Å². The van der Waals surface area contributed by atoms with E-state index in [4.69, 9.17) is 5.73 Å². The van der Waals surface area contributed by atoms with E-state index in [1.165, 1.54) is 0 Å². The Hall–Kier alpha value is -3.70. The summed E-state index contributed by atoms with van der Waals surface area (Å²) in [4.78, 5) is 16.0. The zero-order chi connectivity index (χ0) is 19.4. The lowest BCUT2D eigenvalue weighted by atomic mass is 9.76. The number of hydrogen-bond donors (Lipinski definition) is 1.